The summed E-state index contributed by atoms with van der Waals surface area (Å²) in [5.74, 6) is 0.209. The molecule has 0 fully saturated rings. The van der Waals surface area contributed by atoms with E-state index in [1.54, 1.807) is 65.6 Å². The number of amidine groups is 1. The average molecular weight is 750 g/mol. The number of anilines is 1. The normalized spacial score (nSPS) is 16.5. The smallest absolute Gasteiger partial charge is 0.349 e. The first kappa shape index (κ1) is 35.3. The van der Waals surface area contributed by atoms with Gasteiger partial charge in [-0.3, -0.25) is 10.0 Å². The largest absolute Gasteiger partial charge is 0.417 e. The van der Waals surface area contributed by atoms with E-state index in [4.69, 9.17) is 10.1 Å². The van der Waals surface area contributed by atoms with Crippen LogP contribution in [0.5, 0.6) is 0 Å². The maximum atomic E-state index is 14.8. The Morgan fingerprint density at radius 1 is 0.667 bits per heavy atom. The first-order chi connectivity index (χ1) is 25.7. The molecule has 2 aliphatic heterocycles. The molecule has 2 heterocycles. The van der Waals surface area contributed by atoms with Gasteiger partial charge in [-0.1, -0.05) is 91.0 Å². The lowest BCUT2D eigenvalue weighted by atomic mass is 9.77. The van der Waals surface area contributed by atoms with Gasteiger partial charge >= 0.3 is 18.5 Å². The minimum atomic E-state index is -4.95. The van der Waals surface area contributed by atoms with E-state index >= 15 is 0 Å². The third-order valence-electron chi connectivity index (χ3n) is 10.0. The van der Waals surface area contributed by atoms with Crippen LogP contribution in [0.3, 0.4) is 0 Å². The maximum absolute atomic E-state index is 14.8. The summed E-state index contributed by atoms with van der Waals surface area (Å²) in [5.41, 5.74) is -0.773. The van der Waals surface area contributed by atoms with Gasteiger partial charge in [0.1, 0.15) is 5.71 Å². The van der Waals surface area contributed by atoms with Crippen LogP contribution in [0.15, 0.2) is 125 Å². The Morgan fingerprint density at radius 3 is 1.91 bits per heavy atom. The van der Waals surface area contributed by atoms with Gasteiger partial charge in [-0.05, 0) is 63.2 Å². The summed E-state index contributed by atoms with van der Waals surface area (Å²) in [6.07, 6.45) is -14.6. The van der Waals surface area contributed by atoms with Crippen LogP contribution < -0.4 is 10.5 Å². The van der Waals surface area contributed by atoms with Gasteiger partial charge in [-0.15, -0.1) is 0 Å². The second-order valence-electron chi connectivity index (χ2n) is 13.2. The standard InChI is InChI=1S/C40H28F9N5/c41-38(42,43)28-21-30-29(20-24-11-9-17-32(34(24)30)40(47,48)49)33(22-28)54-37(26-12-3-1-4-13-26,27-14-5-2-6-15-27)35(51-52-54)36-50-18-19-53(36)23-25-10-7-8-16-31(25)39(44,45)46/h1-17,21-22,52H,18-20,23H2. The molecule has 0 saturated heterocycles. The maximum Gasteiger partial charge on any atom is 0.417 e. The number of rotatable bonds is 6. The van der Waals surface area contributed by atoms with Crippen LogP contribution in [0.25, 0.3) is 11.1 Å². The fourth-order valence-corrected chi connectivity index (χ4v) is 7.79. The third-order valence-corrected chi connectivity index (χ3v) is 10.0. The number of alkyl halides is 9. The average Bonchev–Trinajstić information content (AvgIpc) is 3.86. The third kappa shape index (κ3) is 5.75. The zero-order chi connectivity index (χ0) is 38.0. The van der Waals surface area contributed by atoms with E-state index in [0.717, 1.165) is 24.3 Å². The molecule has 0 unspecified atom stereocenters. The second-order valence-corrected chi connectivity index (χ2v) is 13.2. The van der Waals surface area contributed by atoms with Gasteiger partial charge in [0.05, 0.1) is 28.9 Å². The Hall–Kier alpha value is -5.79. The summed E-state index contributed by atoms with van der Waals surface area (Å²) in [7, 11) is 0. The Morgan fingerprint density at radius 2 is 1.28 bits per heavy atom. The van der Waals surface area contributed by atoms with E-state index in [0.29, 0.717) is 11.1 Å². The molecule has 14 heteroatoms. The Labute approximate surface area is 303 Å². The highest BCUT2D eigenvalue weighted by Crippen LogP contribution is 2.52. The van der Waals surface area contributed by atoms with Crippen molar-refractivity contribution in [2.24, 2.45) is 10.1 Å². The molecule has 0 atom stereocenters. The molecule has 5 aromatic rings. The Kier molecular flexibility index (Phi) is 8.27. The molecular formula is C40H28F9N5. The molecule has 8 rings (SSSR count). The monoisotopic (exact) mass is 749 g/mol. The van der Waals surface area contributed by atoms with Crippen LogP contribution in [0.2, 0.25) is 0 Å². The molecule has 5 nitrogen and oxygen atoms in total. The van der Waals surface area contributed by atoms with E-state index < -0.39 is 40.8 Å². The highest BCUT2D eigenvalue weighted by Gasteiger charge is 2.54. The highest BCUT2D eigenvalue weighted by atomic mass is 19.4. The predicted octanol–water partition coefficient (Wildman–Crippen LogP) is 9.85. The Balaban J connectivity index is 1.36. The summed E-state index contributed by atoms with van der Waals surface area (Å²) in [6.45, 7) is 0.201. The lowest BCUT2D eigenvalue weighted by molar-refractivity contribution is -0.139. The lowest BCUT2D eigenvalue weighted by Gasteiger charge is -2.42. The van der Waals surface area contributed by atoms with Gasteiger partial charge in [0.15, 0.2) is 11.4 Å². The molecule has 0 aromatic heterocycles. The topological polar surface area (TPSA) is 43.2 Å². The van der Waals surface area contributed by atoms with Gasteiger partial charge in [-0.25, -0.2) is 5.53 Å². The predicted molar refractivity (Wildman–Crippen MR) is 186 cm³/mol. The fraction of sp³-hybridized carbons (Fsp3) is 0.200. The summed E-state index contributed by atoms with van der Waals surface area (Å²) in [5, 5.41) is 6.12. The van der Waals surface area contributed by atoms with Crippen molar-refractivity contribution in [3.63, 3.8) is 0 Å². The summed E-state index contributed by atoms with van der Waals surface area (Å²) in [4.78, 5) is 6.37. The molecule has 1 N–H and O–H groups in total. The van der Waals surface area contributed by atoms with Gasteiger partial charge in [-0.2, -0.15) is 44.6 Å². The lowest BCUT2D eigenvalue weighted by Crippen LogP contribution is -2.56. The first-order valence-corrected chi connectivity index (χ1v) is 16.8. The van der Waals surface area contributed by atoms with Crippen molar-refractivity contribution in [1.29, 1.82) is 0 Å². The number of aliphatic imine (C=N–C) groups is 1. The zero-order valence-corrected chi connectivity index (χ0v) is 28.0. The van der Waals surface area contributed by atoms with Crippen molar-refractivity contribution in [2.45, 2.75) is 37.0 Å². The molecule has 0 spiro atoms. The number of nitrogens with zero attached hydrogens (tertiary/aromatic N) is 4. The molecule has 5 aromatic carbocycles. The van der Waals surface area contributed by atoms with Crippen molar-refractivity contribution in [3.05, 3.63) is 160 Å². The number of hydrogen-bond donors (Lipinski definition) is 1. The molecule has 0 radical (unpaired) electrons. The van der Waals surface area contributed by atoms with E-state index in [1.165, 1.54) is 35.3 Å². The van der Waals surface area contributed by atoms with Crippen molar-refractivity contribution >= 4 is 17.2 Å². The highest BCUT2D eigenvalue weighted by molar-refractivity contribution is 6.46. The van der Waals surface area contributed by atoms with Crippen molar-refractivity contribution < 1.29 is 39.5 Å². The van der Waals surface area contributed by atoms with E-state index in [-0.39, 0.29) is 71.1 Å². The van der Waals surface area contributed by atoms with Crippen LogP contribution in [-0.4, -0.2) is 29.5 Å². The fourth-order valence-electron chi connectivity index (χ4n) is 7.79. The minimum absolute atomic E-state index is 0.0121. The minimum Gasteiger partial charge on any atom is -0.349 e. The Bertz CT molecular complexity index is 2260. The molecule has 0 bridgehead atoms. The number of hydrazine groups is 1. The van der Waals surface area contributed by atoms with Crippen LogP contribution in [0, 0.1) is 0 Å². The van der Waals surface area contributed by atoms with E-state index in [1.807, 2.05) is 0 Å². The van der Waals surface area contributed by atoms with E-state index in [2.05, 4.69) is 5.53 Å². The number of hydrazone groups is 1. The van der Waals surface area contributed by atoms with Crippen LogP contribution >= 0.6 is 0 Å². The van der Waals surface area contributed by atoms with Crippen LogP contribution in [0.4, 0.5) is 45.2 Å². The van der Waals surface area contributed by atoms with Gasteiger partial charge < -0.3 is 4.90 Å². The number of fused-ring (bicyclic) bond motifs is 3. The zero-order valence-electron chi connectivity index (χ0n) is 28.0. The van der Waals surface area contributed by atoms with E-state index in [9.17, 15) is 39.5 Å². The molecule has 54 heavy (non-hydrogen) atoms. The number of benzene rings is 5. The first-order valence-electron chi connectivity index (χ1n) is 16.8. The number of halogens is 9. The van der Waals surface area contributed by atoms with Crippen molar-refractivity contribution in [2.75, 3.05) is 18.1 Å². The van der Waals surface area contributed by atoms with Crippen LogP contribution in [-0.2, 0) is 37.0 Å². The van der Waals surface area contributed by atoms with Crippen molar-refractivity contribution in [3.8, 4) is 11.1 Å². The molecule has 1 aliphatic carbocycles. The number of nitrogens with one attached hydrogen (secondary N) is 1. The van der Waals surface area contributed by atoms with Gasteiger partial charge in [0.25, 0.3) is 0 Å². The molecular weight excluding hydrogens is 721 g/mol. The second kappa shape index (κ2) is 12.7. The van der Waals surface area contributed by atoms with Gasteiger partial charge in [0.2, 0.25) is 0 Å². The molecule has 3 aliphatic rings. The molecule has 0 amide bonds. The summed E-state index contributed by atoms with van der Waals surface area (Å²) >= 11 is 0. The van der Waals surface area contributed by atoms with Gasteiger partial charge in [0, 0.05) is 19.5 Å². The summed E-state index contributed by atoms with van der Waals surface area (Å²) < 4.78 is 130. The SMILES string of the molecule is FC(F)(F)c1cc2c(c(N3NN=C(C4=NCCN4Cc4ccccc4C(F)(F)F)C3(c3ccccc3)c3ccccc3)c1)Cc1cccc(C(F)(F)F)c1-2. The van der Waals surface area contributed by atoms with Crippen LogP contribution in [0.1, 0.15) is 44.5 Å². The van der Waals surface area contributed by atoms with Crippen molar-refractivity contribution in [1.82, 2.24) is 10.4 Å². The molecule has 276 valence electrons. The number of hydrogen-bond acceptors (Lipinski definition) is 5. The summed E-state index contributed by atoms with van der Waals surface area (Å²) in [6, 6.07) is 27.7. The quantitative estimate of drug-likeness (QED) is 0.173. The molecule has 0 saturated carbocycles.